The van der Waals surface area contributed by atoms with Crippen LogP contribution in [0.4, 0.5) is 0 Å². The molecular formula is C18H20O3. The molecule has 1 N–H and O–H groups in total. The summed E-state index contributed by atoms with van der Waals surface area (Å²) in [6.07, 6.45) is -0.529. The number of benzene rings is 2. The SMILES string of the molecule is Cc1cc(C)cc(C[C@@H](Oc2ccccc2C)C(=O)O)c1. The summed E-state index contributed by atoms with van der Waals surface area (Å²) in [6.45, 7) is 5.92. The highest BCUT2D eigenvalue weighted by atomic mass is 16.5. The van der Waals surface area contributed by atoms with Crippen molar-refractivity contribution in [3.8, 4) is 5.75 Å². The number of carbonyl (C=O) groups is 1. The van der Waals surface area contributed by atoms with Gasteiger partial charge < -0.3 is 9.84 Å². The second-order valence-electron chi connectivity index (χ2n) is 5.41. The van der Waals surface area contributed by atoms with Crippen LogP contribution in [-0.4, -0.2) is 17.2 Å². The Kier molecular flexibility index (Phi) is 4.63. The summed E-state index contributed by atoms with van der Waals surface area (Å²) < 4.78 is 5.69. The third-order valence-electron chi connectivity index (χ3n) is 3.34. The average Bonchev–Trinajstić information content (AvgIpc) is 2.39. The maximum atomic E-state index is 11.5. The number of carboxylic acids is 1. The summed E-state index contributed by atoms with van der Waals surface area (Å²) in [4.78, 5) is 11.5. The lowest BCUT2D eigenvalue weighted by Gasteiger charge is -2.17. The number of aryl methyl sites for hydroxylation is 3. The molecule has 0 bridgehead atoms. The number of para-hydroxylation sites is 1. The molecule has 110 valence electrons. The van der Waals surface area contributed by atoms with Gasteiger partial charge in [0.25, 0.3) is 0 Å². The van der Waals surface area contributed by atoms with Gasteiger partial charge in [-0.05, 0) is 38.0 Å². The molecule has 0 aliphatic heterocycles. The average molecular weight is 284 g/mol. The number of aliphatic carboxylic acids is 1. The normalized spacial score (nSPS) is 12.0. The van der Waals surface area contributed by atoms with E-state index in [9.17, 15) is 9.90 Å². The molecule has 1 atom stereocenters. The van der Waals surface area contributed by atoms with E-state index in [0.717, 1.165) is 22.3 Å². The Hall–Kier alpha value is -2.29. The molecule has 0 fully saturated rings. The molecule has 0 unspecified atom stereocenters. The molecule has 0 saturated heterocycles. The zero-order valence-electron chi connectivity index (χ0n) is 12.6. The lowest BCUT2D eigenvalue weighted by atomic mass is 10.0. The van der Waals surface area contributed by atoms with Gasteiger partial charge in [0.05, 0.1) is 0 Å². The number of hydrogen-bond donors (Lipinski definition) is 1. The summed E-state index contributed by atoms with van der Waals surface area (Å²) in [5.41, 5.74) is 4.17. The Balaban J connectivity index is 2.20. The largest absolute Gasteiger partial charge is 0.478 e. The molecular weight excluding hydrogens is 264 g/mol. The lowest BCUT2D eigenvalue weighted by molar-refractivity contribution is -0.145. The highest BCUT2D eigenvalue weighted by Gasteiger charge is 2.21. The highest BCUT2D eigenvalue weighted by Crippen LogP contribution is 2.20. The van der Waals surface area contributed by atoms with Crippen molar-refractivity contribution in [1.82, 2.24) is 0 Å². The van der Waals surface area contributed by atoms with Gasteiger partial charge in [0.1, 0.15) is 5.75 Å². The van der Waals surface area contributed by atoms with E-state index in [4.69, 9.17) is 4.74 Å². The first-order chi connectivity index (χ1) is 9.95. The van der Waals surface area contributed by atoms with Crippen molar-refractivity contribution in [2.24, 2.45) is 0 Å². The van der Waals surface area contributed by atoms with Crippen LogP contribution < -0.4 is 4.74 Å². The molecule has 0 aliphatic rings. The number of rotatable bonds is 5. The molecule has 3 heteroatoms. The molecule has 0 aliphatic carbocycles. The summed E-state index contributed by atoms with van der Waals surface area (Å²) in [6, 6.07) is 13.5. The van der Waals surface area contributed by atoms with Gasteiger partial charge in [-0.3, -0.25) is 0 Å². The highest BCUT2D eigenvalue weighted by molar-refractivity contribution is 5.73. The zero-order chi connectivity index (χ0) is 15.4. The Morgan fingerprint density at radius 3 is 2.29 bits per heavy atom. The fourth-order valence-electron chi connectivity index (χ4n) is 2.42. The van der Waals surface area contributed by atoms with Crippen LogP contribution in [0.1, 0.15) is 22.3 Å². The molecule has 21 heavy (non-hydrogen) atoms. The van der Waals surface area contributed by atoms with E-state index in [2.05, 4.69) is 6.07 Å². The fourth-order valence-corrected chi connectivity index (χ4v) is 2.42. The standard InChI is InChI=1S/C18H20O3/c1-12-8-13(2)10-15(9-12)11-17(18(19)20)21-16-7-5-4-6-14(16)3/h4-10,17H,11H2,1-3H3,(H,19,20)/t17-/m1/s1. The third kappa shape index (κ3) is 4.09. The smallest absolute Gasteiger partial charge is 0.345 e. The molecule has 0 aromatic heterocycles. The number of ether oxygens (including phenoxy) is 1. The van der Waals surface area contributed by atoms with Crippen LogP contribution >= 0.6 is 0 Å². The lowest BCUT2D eigenvalue weighted by Crippen LogP contribution is -2.29. The van der Waals surface area contributed by atoms with Gasteiger partial charge in [-0.2, -0.15) is 0 Å². The summed E-state index contributed by atoms with van der Waals surface area (Å²) in [7, 11) is 0. The van der Waals surface area contributed by atoms with Crippen molar-refractivity contribution < 1.29 is 14.6 Å². The first-order valence-corrected chi connectivity index (χ1v) is 6.98. The summed E-state index contributed by atoms with van der Waals surface area (Å²) in [5.74, 6) is -0.327. The Labute approximate surface area is 125 Å². The minimum absolute atomic E-state index is 0.353. The van der Waals surface area contributed by atoms with Crippen molar-refractivity contribution >= 4 is 5.97 Å². The van der Waals surface area contributed by atoms with E-state index >= 15 is 0 Å². The summed E-state index contributed by atoms with van der Waals surface area (Å²) in [5, 5.41) is 9.40. The van der Waals surface area contributed by atoms with Crippen LogP contribution in [0.25, 0.3) is 0 Å². The molecule has 0 saturated carbocycles. The molecule has 2 aromatic carbocycles. The topological polar surface area (TPSA) is 46.5 Å². The van der Waals surface area contributed by atoms with Crippen LogP contribution in [0.5, 0.6) is 5.75 Å². The molecule has 2 aromatic rings. The first-order valence-electron chi connectivity index (χ1n) is 6.98. The van der Waals surface area contributed by atoms with Gasteiger partial charge in [-0.25, -0.2) is 4.79 Å². The van der Waals surface area contributed by atoms with E-state index in [0.29, 0.717) is 12.2 Å². The van der Waals surface area contributed by atoms with Crippen molar-refractivity contribution in [2.75, 3.05) is 0 Å². The van der Waals surface area contributed by atoms with Crippen molar-refractivity contribution in [3.63, 3.8) is 0 Å². The van der Waals surface area contributed by atoms with Gasteiger partial charge in [-0.15, -0.1) is 0 Å². The monoisotopic (exact) mass is 284 g/mol. The summed E-state index contributed by atoms with van der Waals surface area (Å²) >= 11 is 0. The van der Waals surface area contributed by atoms with Crippen LogP contribution in [0, 0.1) is 20.8 Å². The Bertz CT molecular complexity index is 626. The number of hydrogen-bond acceptors (Lipinski definition) is 2. The van der Waals surface area contributed by atoms with E-state index in [1.54, 1.807) is 6.07 Å². The van der Waals surface area contributed by atoms with E-state index in [1.165, 1.54) is 0 Å². The molecule has 0 spiro atoms. The maximum absolute atomic E-state index is 11.5. The van der Waals surface area contributed by atoms with E-state index in [1.807, 2.05) is 51.1 Å². The van der Waals surface area contributed by atoms with Crippen LogP contribution in [0.2, 0.25) is 0 Å². The first kappa shape index (κ1) is 15.1. The molecule has 0 amide bonds. The quantitative estimate of drug-likeness (QED) is 0.911. The minimum atomic E-state index is -0.947. The molecule has 2 rings (SSSR count). The molecule has 0 radical (unpaired) electrons. The fraction of sp³-hybridized carbons (Fsp3) is 0.278. The van der Waals surface area contributed by atoms with Crippen molar-refractivity contribution in [3.05, 3.63) is 64.7 Å². The third-order valence-corrected chi connectivity index (χ3v) is 3.34. The van der Waals surface area contributed by atoms with Crippen molar-refractivity contribution in [2.45, 2.75) is 33.3 Å². The predicted octanol–water partition coefficient (Wildman–Crippen LogP) is 3.69. The number of carboxylic acid groups (broad SMARTS) is 1. The van der Waals surface area contributed by atoms with Gasteiger partial charge in [0.2, 0.25) is 0 Å². The van der Waals surface area contributed by atoms with Gasteiger partial charge in [-0.1, -0.05) is 47.5 Å². The Morgan fingerprint density at radius 1 is 1.10 bits per heavy atom. The predicted molar refractivity (Wildman–Crippen MR) is 82.9 cm³/mol. The zero-order valence-corrected chi connectivity index (χ0v) is 12.6. The van der Waals surface area contributed by atoms with E-state index in [-0.39, 0.29) is 0 Å². The van der Waals surface area contributed by atoms with Gasteiger partial charge in [0.15, 0.2) is 6.10 Å². The molecule has 0 heterocycles. The second kappa shape index (κ2) is 6.44. The Morgan fingerprint density at radius 2 is 1.71 bits per heavy atom. The van der Waals surface area contributed by atoms with Crippen LogP contribution in [-0.2, 0) is 11.2 Å². The van der Waals surface area contributed by atoms with E-state index < -0.39 is 12.1 Å². The van der Waals surface area contributed by atoms with Crippen LogP contribution in [0.15, 0.2) is 42.5 Å². The van der Waals surface area contributed by atoms with Crippen molar-refractivity contribution in [1.29, 1.82) is 0 Å². The minimum Gasteiger partial charge on any atom is -0.478 e. The van der Waals surface area contributed by atoms with Crippen LogP contribution in [0.3, 0.4) is 0 Å². The second-order valence-corrected chi connectivity index (χ2v) is 5.41. The van der Waals surface area contributed by atoms with Gasteiger partial charge in [0, 0.05) is 6.42 Å². The molecule has 3 nitrogen and oxygen atoms in total. The maximum Gasteiger partial charge on any atom is 0.345 e. The van der Waals surface area contributed by atoms with Gasteiger partial charge >= 0.3 is 5.97 Å².